The highest BCUT2D eigenvalue weighted by Gasteiger charge is 2.21. The molecular formula is C20H18N2O2S2. The summed E-state index contributed by atoms with van der Waals surface area (Å²) in [4.78, 5) is 17.1. The van der Waals surface area contributed by atoms with Crippen molar-refractivity contribution in [2.24, 2.45) is 0 Å². The molecule has 0 aliphatic heterocycles. The maximum atomic E-state index is 12.7. The first-order chi connectivity index (χ1) is 12.7. The molecular weight excluding hydrogens is 364 g/mol. The van der Waals surface area contributed by atoms with E-state index in [9.17, 15) is 4.79 Å². The fourth-order valence-corrected chi connectivity index (χ4v) is 3.85. The van der Waals surface area contributed by atoms with Crippen LogP contribution >= 0.6 is 23.5 Å². The molecule has 0 fully saturated rings. The predicted octanol–water partition coefficient (Wildman–Crippen LogP) is 5.12. The van der Waals surface area contributed by atoms with Gasteiger partial charge in [0.1, 0.15) is 11.4 Å². The summed E-state index contributed by atoms with van der Waals surface area (Å²) in [5.41, 5.74) is 2.86. The molecule has 0 saturated heterocycles. The highest BCUT2D eigenvalue weighted by atomic mass is 32.2. The summed E-state index contributed by atoms with van der Waals surface area (Å²) in [6, 6.07) is 18.9. The third kappa shape index (κ3) is 4.03. The van der Waals surface area contributed by atoms with E-state index in [2.05, 4.69) is 10.3 Å². The second-order valence-corrected chi connectivity index (χ2v) is 7.18. The summed E-state index contributed by atoms with van der Waals surface area (Å²) in [6.07, 6.45) is 5.35. The van der Waals surface area contributed by atoms with Crippen LogP contribution in [0.4, 0.5) is 0 Å². The van der Waals surface area contributed by atoms with Crippen molar-refractivity contribution in [2.45, 2.75) is 0 Å². The molecule has 0 aliphatic rings. The van der Waals surface area contributed by atoms with E-state index >= 15 is 0 Å². The van der Waals surface area contributed by atoms with Crippen molar-refractivity contribution in [1.29, 1.82) is 0 Å². The largest absolute Gasteiger partial charge is 0.441 e. The minimum Gasteiger partial charge on any atom is -0.441 e. The van der Waals surface area contributed by atoms with Crippen molar-refractivity contribution < 1.29 is 9.21 Å². The van der Waals surface area contributed by atoms with Gasteiger partial charge in [-0.2, -0.15) is 0 Å². The van der Waals surface area contributed by atoms with Crippen LogP contribution in [-0.2, 0) is 0 Å². The zero-order valence-corrected chi connectivity index (χ0v) is 16.1. The van der Waals surface area contributed by atoms with Crippen molar-refractivity contribution in [3.05, 3.63) is 82.6 Å². The van der Waals surface area contributed by atoms with Gasteiger partial charge in [-0.3, -0.25) is 4.79 Å². The van der Waals surface area contributed by atoms with Crippen molar-refractivity contribution in [3.63, 3.8) is 0 Å². The Bertz CT molecular complexity index is 900. The van der Waals surface area contributed by atoms with Gasteiger partial charge in [0.2, 0.25) is 0 Å². The van der Waals surface area contributed by atoms with Gasteiger partial charge < -0.3 is 9.73 Å². The number of aromatic nitrogens is 1. The Morgan fingerprint density at radius 1 is 0.962 bits per heavy atom. The number of carbonyl (C=O) groups excluding carboxylic acids is 1. The smallest absolute Gasteiger partial charge is 0.255 e. The monoisotopic (exact) mass is 382 g/mol. The van der Waals surface area contributed by atoms with Gasteiger partial charge in [-0.1, -0.05) is 48.5 Å². The van der Waals surface area contributed by atoms with E-state index in [-0.39, 0.29) is 5.91 Å². The Morgan fingerprint density at radius 2 is 1.58 bits per heavy atom. The molecule has 1 N–H and O–H groups in total. The zero-order chi connectivity index (χ0) is 18.4. The third-order valence-corrected chi connectivity index (χ3v) is 5.84. The molecule has 3 aromatic rings. The Hall–Kier alpha value is -2.44. The molecule has 132 valence electrons. The van der Waals surface area contributed by atoms with Crippen molar-refractivity contribution >= 4 is 35.1 Å². The molecule has 0 spiro atoms. The van der Waals surface area contributed by atoms with Gasteiger partial charge in [-0.25, -0.2) is 4.98 Å². The number of carbonyl (C=O) groups is 1. The molecule has 1 aromatic heterocycles. The average Bonchev–Trinajstić information content (AvgIpc) is 3.19. The highest BCUT2D eigenvalue weighted by molar-refractivity contribution is 8.21. The van der Waals surface area contributed by atoms with E-state index in [1.807, 2.05) is 61.0 Å². The summed E-state index contributed by atoms with van der Waals surface area (Å²) >= 11 is 3.11. The van der Waals surface area contributed by atoms with Crippen LogP contribution in [0.3, 0.4) is 0 Å². The fraction of sp³-hybridized carbons (Fsp3) is 0.100. The van der Waals surface area contributed by atoms with Crippen molar-refractivity contribution in [3.8, 4) is 11.3 Å². The molecule has 0 aliphatic carbocycles. The van der Waals surface area contributed by atoms with Crippen LogP contribution < -0.4 is 5.32 Å². The number of thioether (sulfide) groups is 2. The van der Waals surface area contributed by atoms with Gasteiger partial charge in [0.05, 0.1) is 4.24 Å². The number of oxazole rings is 1. The maximum absolute atomic E-state index is 12.7. The number of benzene rings is 2. The summed E-state index contributed by atoms with van der Waals surface area (Å²) in [5.74, 6) is 0.371. The summed E-state index contributed by atoms with van der Waals surface area (Å²) in [7, 11) is 0. The van der Waals surface area contributed by atoms with E-state index in [1.165, 1.54) is 6.39 Å². The Kier molecular flexibility index (Phi) is 6.20. The van der Waals surface area contributed by atoms with Gasteiger partial charge in [0.15, 0.2) is 12.2 Å². The van der Waals surface area contributed by atoms with Gasteiger partial charge >= 0.3 is 0 Å². The van der Waals surface area contributed by atoms with E-state index in [4.69, 9.17) is 4.42 Å². The first-order valence-corrected chi connectivity index (χ1v) is 10.4. The van der Waals surface area contributed by atoms with Crippen LogP contribution in [-0.4, -0.2) is 23.4 Å². The predicted molar refractivity (Wildman–Crippen MR) is 110 cm³/mol. The molecule has 0 saturated carbocycles. The van der Waals surface area contributed by atoms with E-state index < -0.39 is 0 Å². The molecule has 0 bridgehead atoms. The lowest BCUT2D eigenvalue weighted by Gasteiger charge is -2.13. The number of amides is 1. The highest BCUT2D eigenvalue weighted by Crippen LogP contribution is 2.35. The van der Waals surface area contributed by atoms with Crippen LogP contribution in [0.25, 0.3) is 17.0 Å². The summed E-state index contributed by atoms with van der Waals surface area (Å²) in [6.45, 7) is 0. The zero-order valence-electron chi connectivity index (χ0n) is 14.4. The molecule has 6 heteroatoms. The Balaban J connectivity index is 2.03. The lowest BCUT2D eigenvalue weighted by atomic mass is 10.1. The van der Waals surface area contributed by atoms with Gasteiger partial charge in [-0.15, -0.1) is 23.5 Å². The molecule has 1 heterocycles. The molecule has 0 radical (unpaired) electrons. The van der Waals surface area contributed by atoms with Crippen molar-refractivity contribution in [1.82, 2.24) is 10.3 Å². The van der Waals surface area contributed by atoms with Gasteiger partial charge in [0.25, 0.3) is 5.91 Å². The second-order valence-electron chi connectivity index (χ2n) is 5.29. The molecule has 0 unspecified atom stereocenters. The lowest BCUT2D eigenvalue weighted by Crippen LogP contribution is -2.22. The van der Waals surface area contributed by atoms with E-state index in [1.54, 1.807) is 35.7 Å². The minimum atomic E-state index is -0.184. The van der Waals surface area contributed by atoms with Gasteiger partial charge in [0, 0.05) is 11.1 Å². The standard InChI is InChI=1S/C20H18N2O2S2/c1-25-20(26-2)17(22-19(23)15-11-7-4-8-12-15)18-16(21-13-24-18)14-9-5-3-6-10-14/h3-13H,1-2H3,(H,22,23). The van der Waals surface area contributed by atoms with Crippen LogP contribution in [0.2, 0.25) is 0 Å². The first-order valence-electron chi connectivity index (χ1n) is 7.92. The Labute approximate surface area is 161 Å². The molecule has 0 atom stereocenters. The average molecular weight is 383 g/mol. The minimum absolute atomic E-state index is 0.184. The van der Waals surface area contributed by atoms with Gasteiger partial charge in [-0.05, 0) is 24.6 Å². The number of nitrogens with one attached hydrogen (secondary N) is 1. The number of nitrogens with zero attached hydrogens (tertiary/aromatic N) is 1. The normalized spacial score (nSPS) is 10.4. The van der Waals surface area contributed by atoms with E-state index in [0.29, 0.717) is 22.7 Å². The van der Waals surface area contributed by atoms with Crippen molar-refractivity contribution in [2.75, 3.05) is 12.5 Å². The first kappa shape index (κ1) is 18.4. The van der Waals surface area contributed by atoms with Crippen LogP contribution in [0, 0.1) is 0 Å². The lowest BCUT2D eigenvalue weighted by molar-refractivity contribution is 0.0973. The van der Waals surface area contributed by atoms with Crippen LogP contribution in [0.15, 0.2) is 75.7 Å². The number of rotatable bonds is 6. The molecule has 2 aromatic carbocycles. The Morgan fingerprint density at radius 3 is 2.19 bits per heavy atom. The molecule has 3 rings (SSSR count). The topological polar surface area (TPSA) is 55.1 Å². The quantitative estimate of drug-likeness (QED) is 0.641. The molecule has 1 amide bonds. The fourth-order valence-electron chi connectivity index (χ4n) is 2.49. The second kappa shape index (κ2) is 8.78. The number of hydrogen-bond donors (Lipinski definition) is 1. The van der Waals surface area contributed by atoms with E-state index in [0.717, 1.165) is 9.80 Å². The SMILES string of the molecule is CSC(SC)=C(NC(=O)c1ccccc1)c1ocnc1-c1ccccc1. The third-order valence-electron chi connectivity index (χ3n) is 3.69. The molecule has 4 nitrogen and oxygen atoms in total. The number of hydrogen-bond acceptors (Lipinski definition) is 5. The maximum Gasteiger partial charge on any atom is 0.255 e. The van der Waals surface area contributed by atoms with Crippen LogP contribution in [0.1, 0.15) is 16.1 Å². The summed E-state index contributed by atoms with van der Waals surface area (Å²) in [5, 5.41) is 3.01. The van der Waals surface area contributed by atoms with Crippen LogP contribution in [0.5, 0.6) is 0 Å². The molecule has 26 heavy (non-hydrogen) atoms. The summed E-state index contributed by atoms with van der Waals surface area (Å²) < 4.78 is 6.64.